The van der Waals surface area contributed by atoms with Crippen molar-refractivity contribution in [1.29, 1.82) is 0 Å². The fourth-order valence-corrected chi connectivity index (χ4v) is 3.38. The number of imide groups is 1. The lowest BCUT2D eigenvalue weighted by Gasteiger charge is -2.15. The molecule has 1 heterocycles. The maximum absolute atomic E-state index is 13.4. The molecule has 0 aromatic heterocycles. The maximum Gasteiger partial charge on any atom is 0.282 e. The minimum Gasteiger partial charge on any atom is -0.493 e. The molecule has 30 heavy (non-hydrogen) atoms. The van der Waals surface area contributed by atoms with Crippen molar-refractivity contribution in [1.82, 2.24) is 0 Å². The lowest BCUT2D eigenvalue weighted by Crippen LogP contribution is -2.32. The Hall–Kier alpha value is -4.06. The van der Waals surface area contributed by atoms with Crippen molar-refractivity contribution < 1.29 is 19.1 Å². The number of rotatable bonds is 6. The number of ether oxygens (including phenoxy) is 2. The zero-order chi connectivity index (χ0) is 21.1. The number of hydrogen-bond donors (Lipinski definition) is 1. The van der Waals surface area contributed by atoms with Crippen molar-refractivity contribution in [2.75, 3.05) is 24.4 Å². The smallest absolute Gasteiger partial charge is 0.282 e. The van der Waals surface area contributed by atoms with E-state index in [4.69, 9.17) is 9.47 Å². The van der Waals surface area contributed by atoms with Gasteiger partial charge in [0, 0.05) is 5.69 Å². The molecule has 1 N–H and O–H groups in total. The van der Waals surface area contributed by atoms with Gasteiger partial charge in [0.2, 0.25) is 0 Å². The third kappa shape index (κ3) is 3.39. The van der Waals surface area contributed by atoms with E-state index in [9.17, 15) is 9.59 Å². The average molecular weight is 400 g/mol. The minimum absolute atomic E-state index is 0.210. The molecule has 0 saturated carbocycles. The zero-order valence-electron chi connectivity index (χ0n) is 16.6. The van der Waals surface area contributed by atoms with Gasteiger partial charge < -0.3 is 14.8 Å². The van der Waals surface area contributed by atoms with Gasteiger partial charge in [-0.25, -0.2) is 4.90 Å². The van der Waals surface area contributed by atoms with Crippen LogP contribution in [-0.2, 0) is 9.59 Å². The van der Waals surface area contributed by atoms with Crippen LogP contribution in [0.1, 0.15) is 5.56 Å². The molecular formula is C24H20N2O4. The number of carbonyl (C=O) groups is 2. The molecule has 0 aliphatic carbocycles. The fraction of sp³-hybridized carbons (Fsp3) is 0.0833. The highest BCUT2D eigenvalue weighted by Crippen LogP contribution is 2.37. The first-order chi connectivity index (χ1) is 14.6. The second-order valence-corrected chi connectivity index (χ2v) is 6.59. The second kappa shape index (κ2) is 8.13. The molecule has 0 radical (unpaired) electrons. The summed E-state index contributed by atoms with van der Waals surface area (Å²) in [5.41, 5.74) is 2.26. The van der Waals surface area contributed by atoms with Crippen molar-refractivity contribution >= 4 is 28.8 Å². The first-order valence-electron chi connectivity index (χ1n) is 9.36. The van der Waals surface area contributed by atoms with Crippen LogP contribution in [0.5, 0.6) is 11.5 Å². The van der Waals surface area contributed by atoms with Crippen molar-refractivity contribution in [3.8, 4) is 11.5 Å². The lowest BCUT2D eigenvalue weighted by atomic mass is 10.0. The van der Waals surface area contributed by atoms with Crippen LogP contribution in [0.15, 0.2) is 84.6 Å². The van der Waals surface area contributed by atoms with Crippen LogP contribution < -0.4 is 19.7 Å². The Kier molecular flexibility index (Phi) is 5.22. The molecule has 3 aromatic carbocycles. The van der Waals surface area contributed by atoms with E-state index < -0.39 is 11.8 Å². The molecule has 2 amide bonds. The highest BCUT2D eigenvalue weighted by Gasteiger charge is 2.40. The molecule has 0 atom stereocenters. The van der Waals surface area contributed by atoms with Crippen LogP contribution in [0.4, 0.5) is 11.4 Å². The van der Waals surface area contributed by atoms with Gasteiger partial charge >= 0.3 is 0 Å². The SMILES string of the molecule is COc1ccc(C2=C(Nc3ccccc3)C(=O)N(c3ccccc3)C2=O)cc1OC. The van der Waals surface area contributed by atoms with Crippen LogP contribution in [0.25, 0.3) is 5.57 Å². The van der Waals surface area contributed by atoms with E-state index in [2.05, 4.69) is 5.32 Å². The molecule has 4 rings (SSSR count). The number of nitrogens with zero attached hydrogens (tertiary/aromatic N) is 1. The van der Waals surface area contributed by atoms with E-state index in [1.165, 1.54) is 12.0 Å². The summed E-state index contributed by atoms with van der Waals surface area (Å²) in [5.74, 6) is 0.188. The highest BCUT2D eigenvalue weighted by atomic mass is 16.5. The number of hydrogen-bond acceptors (Lipinski definition) is 5. The third-order valence-electron chi connectivity index (χ3n) is 4.81. The minimum atomic E-state index is -0.417. The van der Waals surface area contributed by atoms with Gasteiger partial charge in [-0.3, -0.25) is 9.59 Å². The number of nitrogens with one attached hydrogen (secondary N) is 1. The second-order valence-electron chi connectivity index (χ2n) is 6.59. The summed E-state index contributed by atoms with van der Waals surface area (Å²) >= 11 is 0. The van der Waals surface area contributed by atoms with Crippen LogP contribution in [0.2, 0.25) is 0 Å². The molecule has 6 heteroatoms. The monoisotopic (exact) mass is 400 g/mol. The van der Waals surface area contributed by atoms with Gasteiger partial charge in [-0.1, -0.05) is 42.5 Å². The highest BCUT2D eigenvalue weighted by molar-refractivity contribution is 6.46. The summed E-state index contributed by atoms with van der Waals surface area (Å²) in [6, 6.07) is 23.3. The Morgan fingerprint density at radius 1 is 0.733 bits per heavy atom. The largest absolute Gasteiger partial charge is 0.493 e. The van der Waals surface area contributed by atoms with Gasteiger partial charge in [0.1, 0.15) is 5.70 Å². The Labute approximate surface area is 174 Å². The number of methoxy groups -OCH3 is 2. The number of carbonyl (C=O) groups excluding carboxylic acids is 2. The Bertz CT molecular complexity index is 1120. The molecule has 0 spiro atoms. The maximum atomic E-state index is 13.4. The first-order valence-corrected chi connectivity index (χ1v) is 9.36. The predicted molar refractivity (Wildman–Crippen MR) is 115 cm³/mol. The summed E-state index contributed by atoms with van der Waals surface area (Å²) in [6.07, 6.45) is 0. The molecule has 0 fully saturated rings. The quantitative estimate of drug-likeness (QED) is 0.631. The van der Waals surface area contributed by atoms with Gasteiger partial charge in [-0.2, -0.15) is 0 Å². The summed E-state index contributed by atoms with van der Waals surface area (Å²) in [6.45, 7) is 0. The molecule has 1 aliphatic heterocycles. The van der Waals surface area contributed by atoms with E-state index in [0.29, 0.717) is 28.4 Å². The molecule has 0 saturated heterocycles. The number of para-hydroxylation sites is 2. The van der Waals surface area contributed by atoms with E-state index in [0.717, 1.165) is 0 Å². The zero-order valence-corrected chi connectivity index (χ0v) is 16.6. The molecule has 0 unspecified atom stereocenters. The van der Waals surface area contributed by atoms with E-state index in [1.807, 2.05) is 36.4 Å². The average Bonchev–Trinajstić information content (AvgIpc) is 3.03. The summed E-state index contributed by atoms with van der Waals surface area (Å²) < 4.78 is 10.7. The molecule has 1 aliphatic rings. The Morgan fingerprint density at radius 3 is 2.00 bits per heavy atom. The molecule has 150 valence electrons. The van der Waals surface area contributed by atoms with Gasteiger partial charge in [0.15, 0.2) is 11.5 Å². The number of anilines is 2. The normalized spacial score (nSPS) is 13.6. The van der Waals surface area contributed by atoms with E-state index in [1.54, 1.807) is 49.6 Å². The van der Waals surface area contributed by atoms with Gasteiger partial charge in [0.25, 0.3) is 11.8 Å². The first kappa shape index (κ1) is 19.3. The van der Waals surface area contributed by atoms with E-state index in [-0.39, 0.29) is 11.3 Å². The Morgan fingerprint density at radius 2 is 1.37 bits per heavy atom. The Balaban J connectivity index is 1.85. The lowest BCUT2D eigenvalue weighted by molar-refractivity contribution is -0.120. The number of amides is 2. The van der Waals surface area contributed by atoms with Gasteiger partial charge in [0.05, 0.1) is 25.5 Å². The predicted octanol–water partition coefficient (Wildman–Crippen LogP) is 4.10. The summed E-state index contributed by atoms with van der Waals surface area (Å²) in [5, 5.41) is 3.13. The summed E-state index contributed by atoms with van der Waals surface area (Å²) in [4.78, 5) is 27.9. The van der Waals surface area contributed by atoms with Crippen molar-refractivity contribution in [3.05, 3.63) is 90.1 Å². The van der Waals surface area contributed by atoms with Crippen LogP contribution in [-0.4, -0.2) is 26.0 Å². The molecule has 0 bridgehead atoms. The van der Waals surface area contributed by atoms with Crippen LogP contribution >= 0.6 is 0 Å². The topological polar surface area (TPSA) is 67.9 Å². The van der Waals surface area contributed by atoms with Crippen LogP contribution in [0, 0.1) is 0 Å². The number of benzene rings is 3. The van der Waals surface area contributed by atoms with E-state index >= 15 is 0 Å². The van der Waals surface area contributed by atoms with Gasteiger partial charge in [-0.05, 0) is 42.0 Å². The van der Waals surface area contributed by atoms with Crippen molar-refractivity contribution in [3.63, 3.8) is 0 Å². The fourth-order valence-electron chi connectivity index (χ4n) is 3.38. The standard InChI is InChI=1S/C24H20N2O4/c1-29-19-14-13-16(15-20(19)30-2)21-22(25-17-9-5-3-6-10-17)24(28)26(23(21)27)18-11-7-4-8-12-18/h3-15,25H,1-2H3. The summed E-state index contributed by atoms with van der Waals surface area (Å²) in [7, 11) is 3.07. The van der Waals surface area contributed by atoms with Crippen LogP contribution in [0.3, 0.4) is 0 Å². The molecule has 3 aromatic rings. The third-order valence-corrected chi connectivity index (χ3v) is 4.81. The molecule has 6 nitrogen and oxygen atoms in total. The molecular weight excluding hydrogens is 380 g/mol. The van der Waals surface area contributed by atoms with Gasteiger partial charge in [-0.15, -0.1) is 0 Å². The van der Waals surface area contributed by atoms with Crippen molar-refractivity contribution in [2.24, 2.45) is 0 Å². The van der Waals surface area contributed by atoms with Crippen molar-refractivity contribution in [2.45, 2.75) is 0 Å².